The maximum Gasteiger partial charge on any atom is 0.159 e. The van der Waals surface area contributed by atoms with E-state index in [9.17, 15) is 0 Å². The van der Waals surface area contributed by atoms with Gasteiger partial charge in [0.25, 0.3) is 0 Å². The van der Waals surface area contributed by atoms with Crippen molar-refractivity contribution < 1.29 is 4.74 Å². The van der Waals surface area contributed by atoms with Crippen molar-refractivity contribution in [2.45, 2.75) is 90.4 Å². The Hall–Kier alpha value is -1.90. The van der Waals surface area contributed by atoms with Crippen LogP contribution in [0.4, 0.5) is 0 Å². The molecule has 1 heterocycles. The fourth-order valence-corrected chi connectivity index (χ4v) is 4.49. The summed E-state index contributed by atoms with van der Waals surface area (Å²) in [5.41, 5.74) is 2.37. The molecule has 1 saturated carbocycles. The van der Waals surface area contributed by atoms with E-state index in [1.165, 1.54) is 69.8 Å². The Labute approximate surface area is 177 Å². The van der Waals surface area contributed by atoms with Gasteiger partial charge in [0.1, 0.15) is 5.75 Å². The van der Waals surface area contributed by atoms with E-state index in [0.717, 1.165) is 36.1 Å². The summed E-state index contributed by atoms with van der Waals surface area (Å²) in [5, 5.41) is 0. The molecule has 0 radical (unpaired) electrons. The summed E-state index contributed by atoms with van der Waals surface area (Å²) in [7, 11) is 0. The number of nitrogens with zero attached hydrogens (tertiary/aromatic N) is 2. The zero-order chi connectivity index (χ0) is 20.3. The van der Waals surface area contributed by atoms with E-state index in [2.05, 4.69) is 35.9 Å². The predicted octanol–water partition coefficient (Wildman–Crippen LogP) is 7.57. The quantitative estimate of drug-likeness (QED) is 0.369. The van der Waals surface area contributed by atoms with Crippen LogP contribution in [0, 0.1) is 5.92 Å². The van der Waals surface area contributed by atoms with Crippen molar-refractivity contribution in [3.63, 3.8) is 0 Å². The summed E-state index contributed by atoms with van der Waals surface area (Å²) < 4.78 is 5.86. The molecule has 1 fully saturated rings. The average Bonchev–Trinajstić information content (AvgIpc) is 2.78. The van der Waals surface area contributed by atoms with E-state index in [1.54, 1.807) is 0 Å². The fraction of sp³-hybridized carbons (Fsp3) is 0.615. The van der Waals surface area contributed by atoms with E-state index in [1.807, 2.05) is 24.5 Å². The molecule has 0 unspecified atom stereocenters. The molecule has 3 nitrogen and oxygen atoms in total. The standard InChI is InChI=1S/C26H38N2O/c1-3-5-6-7-8-18-29-25-16-14-23(15-17-25)26-27-19-24(20-28-26)22-12-10-21(9-4-2)11-13-22/h14-17,19-22H,3-13,18H2,1-2H3/t21-,22-. The van der Waals surface area contributed by atoms with Gasteiger partial charge in [0.15, 0.2) is 5.82 Å². The van der Waals surface area contributed by atoms with Gasteiger partial charge in [-0.2, -0.15) is 0 Å². The second-order valence-corrected chi connectivity index (χ2v) is 8.63. The van der Waals surface area contributed by atoms with Gasteiger partial charge in [0.2, 0.25) is 0 Å². The first-order chi connectivity index (χ1) is 14.3. The predicted molar refractivity (Wildman–Crippen MR) is 121 cm³/mol. The van der Waals surface area contributed by atoms with Crippen LogP contribution in [0.15, 0.2) is 36.7 Å². The number of rotatable bonds is 11. The lowest BCUT2D eigenvalue weighted by Gasteiger charge is -2.28. The number of ether oxygens (including phenoxy) is 1. The fourth-order valence-electron chi connectivity index (χ4n) is 4.49. The Morgan fingerprint density at radius 1 is 0.828 bits per heavy atom. The van der Waals surface area contributed by atoms with Crippen LogP contribution < -0.4 is 4.74 Å². The van der Waals surface area contributed by atoms with Crippen molar-refractivity contribution in [1.82, 2.24) is 9.97 Å². The van der Waals surface area contributed by atoms with E-state index in [0.29, 0.717) is 5.92 Å². The molecule has 0 atom stereocenters. The molecule has 0 N–H and O–H groups in total. The Morgan fingerprint density at radius 2 is 1.52 bits per heavy atom. The Balaban J connectivity index is 1.47. The highest BCUT2D eigenvalue weighted by molar-refractivity contribution is 5.56. The largest absolute Gasteiger partial charge is 0.494 e. The summed E-state index contributed by atoms with van der Waals surface area (Å²) in [5.74, 6) is 3.32. The maximum absolute atomic E-state index is 5.86. The molecule has 0 saturated heterocycles. The highest BCUT2D eigenvalue weighted by Gasteiger charge is 2.22. The van der Waals surface area contributed by atoms with Gasteiger partial charge >= 0.3 is 0 Å². The van der Waals surface area contributed by atoms with E-state index >= 15 is 0 Å². The van der Waals surface area contributed by atoms with Gasteiger partial charge in [0, 0.05) is 18.0 Å². The van der Waals surface area contributed by atoms with Crippen molar-refractivity contribution >= 4 is 0 Å². The molecule has 158 valence electrons. The first-order valence-corrected chi connectivity index (χ1v) is 11.8. The van der Waals surface area contributed by atoms with Crippen LogP contribution in [0.2, 0.25) is 0 Å². The van der Waals surface area contributed by atoms with Gasteiger partial charge in [-0.05, 0) is 73.8 Å². The first-order valence-electron chi connectivity index (χ1n) is 11.8. The smallest absolute Gasteiger partial charge is 0.159 e. The number of benzene rings is 1. The third kappa shape index (κ3) is 6.83. The maximum atomic E-state index is 5.86. The molecule has 0 spiro atoms. The molecule has 29 heavy (non-hydrogen) atoms. The molecule has 1 aromatic carbocycles. The molecule has 2 aromatic rings. The zero-order valence-corrected chi connectivity index (χ0v) is 18.4. The van der Waals surface area contributed by atoms with E-state index in [4.69, 9.17) is 4.74 Å². The third-order valence-corrected chi connectivity index (χ3v) is 6.32. The molecule has 1 aliphatic rings. The van der Waals surface area contributed by atoms with Crippen LogP contribution in [0.3, 0.4) is 0 Å². The van der Waals surface area contributed by atoms with Crippen molar-refractivity contribution in [1.29, 1.82) is 0 Å². The summed E-state index contributed by atoms with van der Waals surface area (Å²) in [6, 6.07) is 8.20. The molecular weight excluding hydrogens is 356 g/mol. The lowest BCUT2D eigenvalue weighted by atomic mass is 9.78. The summed E-state index contributed by atoms with van der Waals surface area (Å²) in [4.78, 5) is 9.32. The molecular formula is C26H38N2O. The summed E-state index contributed by atoms with van der Waals surface area (Å²) >= 11 is 0. The van der Waals surface area contributed by atoms with Crippen molar-refractivity contribution in [2.75, 3.05) is 6.61 Å². The minimum Gasteiger partial charge on any atom is -0.494 e. The van der Waals surface area contributed by atoms with Crippen LogP contribution in [-0.4, -0.2) is 16.6 Å². The first kappa shape index (κ1) is 21.8. The van der Waals surface area contributed by atoms with Gasteiger partial charge in [-0.15, -0.1) is 0 Å². The Morgan fingerprint density at radius 3 is 2.17 bits per heavy atom. The van der Waals surface area contributed by atoms with Crippen LogP contribution in [-0.2, 0) is 0 Å². The summed E-state index contributed by atoms with van der Waals surface area (Å²) in [6.45, 7) is 5.34. The molecule has 1 aliphatic carbocycles. The van der Waals surface area contributed by atoms with Crippen molar-refractivity contribution in [3.05, 3.63) is 42.2 Å². The number of hydrogen-bond donors (Lipinski definition) is 0. The van der Waals surface area contributed by atoms with E-state index < -0.39 is 0 Å². The number of hydrogen-bond acceptors (Lipinski definition) is 3. The third-order valence-electron chi connectivity index (χ3n) is 6.32. The van der Waals surface area contributed by atoms with Gasteiger partial charge in [0.05, 0.1) is 6.61 Å². The highest BCUT2D eigenvalue weighted by atomic mass is 16.5. The molecule has 3 rings (SSSR count). The Kier molecular flexibility index (Phi) is 8.98. The number of unbranched alkanes of at least 4 members (excludes halogenated alkanes) is 4. The minimum absolute atomic E-state index is 0.644. The van der Waals surface area contributed by atoms with Crippen molar-refractivity contribution in [2.24, 2.45) is 5.92 Å². The van der Waals surface area contributed by atoms with Crippen LogP contribution in [0.1, 0.15) is 96.0 Å². The van der Waals surface area contributed by atoms with Crippen molar-refractivity contribution in [3.8, 4) is 17.1 Å². The highest BCUT2D eigenvalue weighted by Crippen LogP contribution is 2.37. The monoisotopic (exact) mass is 394 g/mol. The van der Waals surface area contributed by atoms with Crippen LogP contribution in [0.25, 0.3) is 11.4 Å². The lowest BCUT2D eigenvalue weighted by Crippen LogP contribution is -2.13. The summed E-state index contributed by atoms with van der Waals surface area (Å²) in [6.07, 6.45) is 18.4. The van der Waals surface area contributed by atoms with Crippen LogP contribution >= 0.6 is 0 Å². The molecule has 1 aromatic heterocycles. The van der Waals surface area contributed by atoms with Gasteiger partial charge in [-0.3, -0.25) is 0 Å². The lowest BCUT2D eigenvalue weighted by molar-refractivity contribution is 0.304. The van der Waals surface area contributed by atoms with Crippen LogP contribution in [0.5, 0.6) is 5.75 Å². The zero-order valence-electron chi connectivity index (χ0n) is 18.4. The molecule has 0 aliphatic heterocycles. The second kappa shape index (κ2) is 11.9. The second-order valence-electron chi connectivity index (χ2n) is 8.63. The van der Waals surface area contributed by atoms with Gasteiger partial charge in [-0.1, -0.05) is 52.4 Å². The minimum atomic E-state index is 0.644. The molecule has 3 heteroatoms. The Bertz CT molecular complexity index is 688. The molecule has 0 amide bonds. The van der Waals surface area contributed by atoms with Gasteiger partial charge < -0.3 is 4.74 Å². The molecule has 0 bridgehead atoms. The number of aromatic nitrogens is 2. The van der Waals surface area contributed by atoms with E-state index in [-0.39, 0.29) is 0 Å². The SMILES string of the molecule is CCCCCCCOc1ccc(-c2ncc([C@H]3CC[C@H](CCC)CC3)cn2)cc1. The average molecular weight is 395 g/mol. The normalized spacial score (nSPS) is 19.2. The topological polar surface area (TPSA) is 35.0 Å². The van der Waals surface area contributed by atoms with Gasteiger partial charge in [-0.25, -0.2) is 9.97 Å².